The number of rotatable bonds is 12. The Balaban J connectivity index is 1.21. The molecule has 13 nitrogen and oxygen atoms in total. The summed E-state index contributed by atoms with van der Waals surface area (Å²) in [7, 11) is 0. The van der Waals surface area contributed by atoms with E-state index in [1.165, 1.54) is 0 Å². The lowest BCUT2D eigenvalue weighted by Gasteiger charge is -2.27. The number of fused-ring (bicyclic) bond motifs is 16. The number of hydrogen-bond acceptors (Lipinski definition) is 8. The smallest absolute Gasteiger partial charge is 0.326 e. The predicted molar refractivity (Wildman–Crippen MR) is 249 cm³/mol. The van der Waals surface area contributed by atoms with Gasteiger partial charge in [-0.3, -0.25) is 24.0 Å². The van der Waals surface area contributed by atoms with E-state index in [1.54, 1.807) is 90.6 Å². The summed E-state index contributed by atoms with van der Waals surface area (Å²) in [5, 5.41) is 26.2. The Bertz CT molecular complexity index is 2450. The van der Waals surface area contributed by atoms with E-state index < -0.39 is 72.3 Å². The molecule has 3 aliphatic heterocycles. The van der Waals surface area contributed by atoms with E-state index in [2.05, 4.69) is 26.6 Å². The largest absolute Gasteiger partial charge is 0.484 e. The lowest BCUT2D eigenvalue weighted by atomic mass is 9.98. The van der Waals surface area contributed by atoms with Crippen molar-refractivity contribution < 1.29 is 38.6 Å². The van der Waals surface area contributed by atoms with Crippen LogP contribution in [0.5, 0.6) is 5.75 Å². The van der Waals surface area contributed by atoms with Crippen molar-refractivity contribution in [1.82, 2.24) is 26.6 Å². The van der Waals surface area contributed by atoms with Crippen LogP contribution >= 0.6 is 11.8 Å². The first-order chi connectivity index (χ1) is 31.6. The maximum absolute atomic E-state index is 14.7. The molecule has 6 N–H and O–H groups in total. The topological polar surface area (TPSA) is 192 Å². The number of nitrogens with one attached hydrogen (secondary N) is 5. The number of carboxylic acids is 1. The zero-order valence-electron chi connectivity index (χ0n) is 35.6. The third-order valence-electron chi connectivity index (χ3n) is 11.2. The molecule has 3 aliphatic rings. The monoisotopic (exact) mass is 893 g/mol. The number of amides is 5. The highest BCUT2D eigenvalue weighted by atomic mass is 32.2. The number of carboxylic acid groups (broad SMARTS) is 1. The average molecular weight is 894 g/mol. The number of thioether (sulfide) groups is 1. The van der Waals surface area contributed by atoms with Gasteiger partial charge in [0.15, 0.2) is 6.61 Å². The number of allylic oxidation sites excluding steroid dienone is 1. The Morgan fingerprint density at radius 3 is 1.80 bits per heavy atom. The van der Waals surface area contributed by atoms with Crippen molar-refractivity contribution in [2.75, 3.05) is 6.61 Å². The third kappa shape index (κ3) is 13.4. The molecule has 5 aromatic rings. The van der Waals surface area contributed by atoms with Gasteiger partial charge in [-0.25, -0.2) is 4.79 Å². The molecule has 65 heavy (non-hydrogen) atoms. The minimum Gasteiger partial charge on any atom is -0.484 e. The van der Waals surface area contributed by atoms with Crippen LogP contribution in [0, 0.1) is 0 Å². The second-order valence-corrected chi connectivity index (χ2v) is 17.3. The van der Waals surface area contributed by atoms with Gasteiger partial charge in [-0.05, 0) is 63.8 Å². The number of carbonyl (C=O) groups is 6. The molecule has 2 bridgehead atoms. The molecule has 334 valence electrons. The molecule has 0 saturated heterocycles. The van der Waals surface area contributed by atoms with Crippen molar-refractivity contribution in [3.63, 3.8) is 0 Å². The highest BCUT2D eigenvalue weighted by Gasteiger charge is 2.34. The third-order valence-corrected chi connectivity index (χ3v) is 12.3. The summed E-state index contributed by atoms with van der Waals surface area (Å²) in [4.78, 5) is 83.6. The van der Waals surface area contributed by atoms with Crippen molar-refractivity contribution in [2.45, 2.75) is 74.0 Å². The van der Waals surface area contributed by atoms with Crippen LogP contribution in [0.2, 0.25) is 0 Å². The van der Waals surface area contributed by atoms with E-state index in [4.69, 9.17) is 4.74 Å². The zero-order valence-corrected chi connectivity index (χ0v) is 36.4. The molecule has 0 saturated carbocycles. The number of hydrogen-bond donors (Lipinski definition) is 6. The summed E-state index contributed by atoms with van der Waals surface area (Å²) in [6, 6.07) is 35.8. The first kappa shape index (κ1) is 45.8. The van der Waals surface area contributed by atoms with Gasteiger partial charge in [0.1, 0.15) is 36.0 Å². The van der Waals surface area contributed by atoms with Crippen molar-refractivity contribution in [3.8, 4) is 16.9 Å². The van der Waals surface area contributed by atoms with Crippen molar-refractivity contribution >= 4 is 47.3 Å². The molecule has 0 fully saturated rings. The molecule has 0 spiro atoms. The normalized spacial score (nSPS) is 21.0. The Morgan fingerprint density at radius 2 is 1.20 bits per heavy atom. The fourth-order valence-corrected chi connectivity index (χ4v) is 8.70. The fraction of sp³-hybridized carbons (Fsp3) is 0.255. The molecule has 5 amide bonds. The Kier molecular flexibility index (Phi) is 15.8. The number of benzene rings is 5. The lowest BCUT2D eigenvalue weighted by Crippen LogP contribution is -2.60. The first-order valence-electron chi connectivity index (χ1n) is 21.5. The van der Waals surface area contributed by atoms with Crippen molar-refractivity contribution in [2.24, 2.45) is 0 Å². The van der Waals surface area contributed by atoms with Gasteiger partial charge in [0.2, 0.25) is 23.6 Å². The van der Waals surface area contributed by atoms with Gasteiger partial charge in [-0.2, -0.15) is 0 Å². The Hall–Kier alpha value is -7.19. The number of aliphatic carboxylic acids is 1. The van der Waals surface area contributed by atoms with E-state index >= 15 is 0 Å². The van der Waals surface area contributed by atoms with Crippen LogP contribution in [0.4, 0.5) is 0 Å². The van der Waals surface area contributed by atoms with Crippen LogP contribution in [0.25, 0.3) is 11.1 Å². The zero-order chi connectivity index (χ0) is 45.5. The van der Waals surface area contributed by atoms with Crippen LogP contribution in [-0.2, 0) is 54.5 Å². The SMILES string of the molecule is O=C1COc2ccc(cc2)C[C@@H](C(=O)N[C@@H](Cc2ccccc2)C(=O)O)NC(=O)[C@H](Cc2ccccc2)NC(=O)[C@@H](Cc2ccc(-c3ccccc3)cc2)NC(=O)[C@H](CC2CC=CS2)N1. The molecule has 0 aromatic heterocycles. The van der Waals surface area contributed by atoms with Crippen molar-refractivity contribution in [3.05, 3.63) is 173 Å². The van der Waals surface area contributed by atoms with Crippen LogP contribution in [-0.4, -0.2) is 82.7 Å². The molecule has 3 heterocycles. The van der Waals surface area contributed by atoms with E-state index in [0.717, 1.165) is 16.7 Å². The minimum atomic E-state index is -1.32. The molecule has 14 heteroatoms. The van der Waals surface area contributed by atoms with Crippen LogP contribution in [0.1, 0.15) is 35.1 Å². The quantitative estimate of drug-likeness (QED) is 0.0943. The predicted octanol–water partition coefficient (Wildman–Crippen LogP) is 4.93. The van der Waals surface area contributed by atoms with E-state index in [-0.39, 0.29) is 37.4 Å². The molecular weight excluding hydrogens is 843 g/mol. The van der Waals surface area contributed by atoms with E-state index in [9.17, 15) is 33.9 Å². The van der Waals surface area contributed by atoms with Gasteiger partial charge in [-0.1, -0.05) is 133 Å². The number of carbonyl (C=O) groups excluding carboxylic acids is 5. The Labute approximate surface area is 381 Å². The summed E-state index contributed by atoms with van der Waals surface area (Å²) in [5.74, 6) is -4.17. The van der Waals surface area contributed by atoms with Gasteiger partial charge in [0.25, 0.3) is 5.91 Å². The van der Waals surface area contributed by atoms with Crippen molar-refractivity contribution in [1.29, 1.82) is 0 Å². The van der Waals surface area contributed by atoms with Gasteiger partial charge in [0.05, 0.1) is 0 Å². The summed E-state index contributed by atoms with van der Waals surface area (Å²) >= 11 is 1.56. The van der Waals surface area contributed by atoms with Gasteiger partial charge in [0, 0.05) is 30.9 Å². The molecule has 1 unspecified atom stereocenters. The van der Waals surface area contributed by atoms with Crippen LogP contribution in [0.15, 0.2) is 151 Å². The van der Waals surface area contributed by atoms with E-state index in [0.29, 0.717) is 28.9 Å². The minimum absolute atomic E-state index is 0.00574. The molecule has 0 radical (unpaired) electrons. The van der Waals surface area contributed by atoms with Crippen LogP contribution in [0.3, 0.4) is 0 Å². The summed E-state index contributed by atoms with van der Waals surface area (Å²) in [5.41, 5.74) is 4.68. The second-order valence-electron chi connectivity index (χ2n) is 16.1. The Morgan fingerprint density at radius 1 is 0.646 bits per heavy atom. The summed E-state index contributed by atoms with van der Waals surface area (Å²) in [6.07, 6.45) is 2.96. The lowest BCUT2D eigenvalue weighted by molar-refractivity contribution is -0.142. The summed E-state index contributed by atoms with van der Waals surface area (Å²) in [6.45, 7) is -0.406. The fourth-order valence-electron chi connectivity index (χ4n) is 7.73. The molecule has 0 aliphatic carbocycles. The maximum Gasteiger partial charge on any atom is 0.326 e. The highest BCUT2D eigenvalue weighted by Crippen LogP contribution is 2.28. The highest BCUT2D eigenvalue weighted by molar-refractivity contribution is 8.03. The number of ether oxygens (including phenoxy) is 1. The second kappa shape index (κ2) is 22.4. The van der Waals surface area contributed by atoms with Gasteiger partial charge < -0.3 is 36.4 Å². The molecular formula is C51H51N5O8S. The molecule has 6 atom stereocenters. The molecule has 8 rings (SSSR count). The van der Waals surface area contributed by atoms with E-state index in [1.807, 2.05) is 72.1 Å². The van der Waals surface area contributed by atoms with Crippen LogP contribution < -0.4 is 31.3 Å². The maximum atomic E-state index is 14.7. The van der Waals surface area contributed by atoms with Gasteiger partial charge >= 0.3 is 5.97 Å². The average Bonchev–Trinajstić information content (AvgIpc) is 3.84. The van der Waals surface area contributed by atoms with Gasteiger partial charge in [-0.15, -0.1) is 11.8 Å². The standard InChI is InChI=1S/C51H51N5O8S/c57-46-32-64-39-24-20-36(21-25-39)29-43(49(60)56-45(51(62)63)30-34-13-6-2-7-14-34)54-47(58)41(27-33-11-4-1-5-12-33)53-48(59)42(55-50(61)44(52-46)31-40-17-10-26-65-40)28-35-18-22-38(23-19-35)37-15-8-3-9-16-37/h1-16,18-26,40-45H,17,27-32H2,(H,52,57)(H,53,59)(H,54,58)(H,55,61)(H,56,60)(H,62,63)/t40?,41-,42+,43-,44-,45-/m0/s1. The first-order valence-corrected chi connectivity index (χ1v) is 22.5. The molecule has 5 aromatic carbocycles. The summed E-state index contributed by atoms with van der Waals surface area (Å²) < 4.78 is 5.81.